The number of hydrogen-bond acceptors (Lipinski definition) is 3. The molecule has 82 valence electrons. The summed E-state index contributed by atoms with van der Waals surface area (Å²) in [6, 6.07) is 0. The second kappa shape index (κ2) is 4.17. The van der Waals surface area contributed by atoms with Crippen LogP contribution in [0, 0.1) is 0 Å². The summed E-state index contributed by atoms with van der Waals surface area (Å²) < 4.78 is 0. The van der Waals surface area contributed by atoms with Gasteiger partial charge in [-0.3, -0.25) is 0 Å². The summed E-state index contributed by atoms with van der Waals surface area (Å²) in [7, 11) is 2.10. The van der Waals surface area contributed by atoms with E-state index in [1.165, 1.54) is 19.5 Å². The first-order valence-electron chi connectivity index (χ1n) is 5.81. The van der Waals surface area contributed by atoms with Gasteiger partial charge in [0.2, 0.25) is 0 Å². The lowest BCUT2D eigenvalue weighted by Gasteiger charge is -2.40. The van der Waals surface area contributed by atoms with Crippen molar-refractivity contribution in [2.24, 2.45) is 0 Å². The molecule has 0 aromatic heterocycles. The molecule has 0 spiro atoms. The van der Waals surface area contributed by atoms with Crippen LogP contribution in [0.1, 0.15) is 25.7 Å². The zero-order chi connectivity index (χ0) is 10.0. The van der Waals surface area contributed by atoms with Gasteiger partial charge in [-0.1, -0.05) is 0 Å². The number of β-amino-alcohol motifs (C(OH)–C–C–N with tert-alkyl or cyclic N) is 1. The quantitative estimate of drug-likeness (QED) is 0.717. The van der Waals surface area contributed by atoms with Gasteiger partial charge in [-0.2, -0.15) is 0 Å². The molecule has 3 nitrogen and oxygen atoms in total. The Morgan fingerprint density at radius 1 is 1.21 bits per heavy atom. The lowest BCUT2D eigenvalue weighted by Crippen LogP contribution is -2.49. The molecule has 0 aliphatic carbocycles. The molecule has 2 heterocycles. The van der Waals surface area contributed by atoms with E-state index < -0.39 is 5.60 Å². The van der Waals surface area contributed by atoms with Gasteiger partial charge >= 0.3 is 0 Å². The van der Waals surface area contributed by atoms with E-state index in [2.05, 4.69) is 16.8 Å². The Kier molecular flexibility index (Phi) is 3.10. The molecule has 2 aliphatic rings. The summed E-state index contributed by atoms with van der Waals surface area (Å²) in [5.74, 6) is 0. The molecule has 0 saturated carbocycles. The van der Waals surface area contributed by atoms with Crippen LogP contribution < -0.4 is 0 Å². The maximum absolute atomic E-state index is 10.3. The van der Waals surface area contributed by atoms with Gasteiger partial charge in [0, 0.05) is 13.1 Å². The number of rotatable bonds is 3. The van der Waals surface area contributed by atoms with Gasteiger partial charge in [-0.05, 0) is 52.4 Å². The highest BCUT2D eigenvalue weighted by Crippen LogP contribution is 2.24. The third-order valence-corrected chi connectivity index (χ3v) is 3.59. The zero-order valence-electron chi connectivity index (χ0n) is 9.21. The molecule has 2 rings (SSSR count). The molecular weight excluding hydrogens is 176 g/mol. The predicted molar refractivity (Wildman–Crippen MR) is 57.4 cm³/mol. The third-order valence-electron chi connectivity index (χ3n) is 3.59. The maximum atomic E-state index is 10.3. The van der Waals surface area contributed by atoms with E-state index in [0.29, 0.717) is 0 Å². The number of nitrogens with zero attached hydrogens (tertiary/aromatic N) is 2. The average Bonchev–Trinajstić information content (AvgIpc) is 2.00. The number of likely N-dealkylation sites (N-methyl/N-ethyl adjacent to an activating group) is 1. The lowest BCUT2D eigenvalue weighted by atomic mass is 9.89. The molecule has 0 bridgehead atoms. The Hall–Kier alpha value is -0.120. The fourth-order valence-corrected chi connectivity index (χ4v) is 2.51. The molecular formula is C11H22N2O. The molecule has 14 heavy (non-hydrogen) atoms. The van der Waals surface area contributed by atoms with E-state index in [9.17, 15) is 5.11 Å². The van der Waals surface area contributed by atoms with Crippen LogP contribution in [-0.2, 0) is 0 Å². The van der Waals surface area contributed by atoms with Gasteiger partial charge < -0.3 is 14.9 Å². The Labute approximate surface area is 86.7 Å². The second-order valence-electron chi connectivity index (χ2n) is 5.01. The summed E-state index contributed by atoms with van der Waals surface area (Å²) in [6.07, 6.45) is 4.44. The van der Waals surface area contributed by atoms with Crippen molar-refractivity contribution in [3.63, 3.8) is 0 Å². The Balaban J connectivity index is 1.75. The average molecular weight is 198 g/mol. The van der Waals surface area contributed by atoms with Crippen LogP contribution in [0.15, 0.2) is 0 Å². The molecule has 0 aromatic carbocycles. The zero-order valence-corrected chi connectivity index (χ0v) is 9.21. The fraction of sp³-hybridized carbons (Fsp3) is 1.00. The number of piperidine rings is 1. The molecule has 0 aromatic rings. The van der Waals surface area contributed by atoms with Crippen molar-refractivity contribution >= 4 is 0 Å². The Morgan fingerprint density at radius 2 is 2.00 bits per heavy atom. The summed E-state index contributed by atoms with van der Waals surface area (Å²) in [4.78, 5) is 4.69. The van der Waals surface area contributed by atoms with Gasteiger partial charge in [0.15, 0.2) is 0 Å². The van der Waals surface area contributed by atoms with Crippen LogP contribution in [0.4, 0.5) is 0 Å². The van der Waals surface area contributed by atoms with Crippen LogP contribution in [0.5, 0.6) is 0 Å². The van der Waals surface area contributed by atoms with Gasteiger partial charge in [0.1, 0.15) is 0 Å². The number of hydrogen-bond donors (Lipinski definition) is 1. The topological polar surface area (TPSA) is 26.7 Å². The largest absolute Gasteiger partial charge is 0.389 e. The Bertz CT molecular complexity index is 194. The van der Waals surface area contributed by atoms with Crippen LogP contribution in [-0.4, -0.2) is 60.3 Å². The van der Waals surface area contributed by atoms with Gasteiger partial charge in [-0.25, -0.2) is 0 Å². The summed E-state index contributed by atoms with van der Waals surface area (Å²) in [6.45, 7) is 5.58. The molecule has 2 fully saturated rings. The minimum absolute atomic E-state index is 0.400. The van der Waals surface area contributed by atoms with Crippen molar-refractivity contribution in [2.75, 3.05) is 39.8 Å². The van der Waals surface area contributed by atoms with Crippen molar-refractivity contribution in [1.29, 1.82) is 0 Å². The van der Waals surface area contributed by atoms with Crippen molar-refractivity contribution in [3.8, 4) is 0 Å². The first-order chi connectivity index (χ1) is 6.68. The minimum Gasteiger partial charge on any atom is -0.389 e. The van der Waals surface area contributed by atoms with Crippen molar-refractivity contribution in [3.05, 3.63) is 0 Å². The van der Waals surface area contributed by atoms with Crippen molar-refractivity contribution < 1.29 is 5.11 Å². The van der Waals surface area contributed by atoms with Crippen molar-refractivity contribution in [2.45, 2.75) is 31.3 Å². The molecule has 3 heteroatoms. The highest BCUT2D eigenvalue weighted by Gasteiger charge is 2.32. The van der Waals surface area contributed by atoms with Gasteiger partial charge in [-0.15, -0.1) is 0 Å². The fourth-order valence-electron chi connectivity index (χ4n) is 2.51. The smallest absolute Gasteiger partial charge is 0.0786 e. The molecule has 1 atom stereocenters. The maximum Gasteiger partial charge on any atom is 0.0786 e. The monoisotopic (exact) mass is 198 g/mol. The van der Waals surface area contributed by atoms with E-state index in [0.717, 1.165) is 38.9 Å². The highest BCUT2D eigenvalue weighted by molar-refractivity contribution is 4.87. The Morgan fingerprint density at radius 3 is 2.57 bits per heavy atom. The SMILES string of the molecule is CN1CCCC(O)(CCN2CCC2)C1. The van der Waals surface area contributed by atoms with E-state index in [-0.39, 0.29) is 0 Å². The first-order valence-corrected chi connectivity index (χ1v) is 5.81. The van der Waals surface area contributed by atoms with E-state index in [1.54, 1.807) is 0 Å². The third kappa shape index (κ3) is 2.47. The number of likely N-dealkylation sites (tertiary alicyclic amines) is 2. The minimum atomic E-state index is -0.400. The molecule has 0 radical (unpaired) electrons. The van der Waals surface area contributed by atoms with Crippen LogP contribution in [0.3, 0.4) is 0 Å². The predicted octanol–water partition coefficient (Wildman–Crippen LogP) is 0.539. The first kappa shape index (κ1) is 10.4. The normalized spacial score (nSPS) is 35.6. The second-order valence-corrected chi connectivity index (χ2v) is 5.01. The molecule has 2 saturated heterocycles. The highest BCUT2D eigenvalue weighted by atomic mass is 16.3. The number of aliphatic hydroxyl groups is 1. The van der Waals surface area contributed by atoms with E-state index >= 15 is 0 Å². The molecule has 0 amide bonds. The van der Waals surface area contributed by atoms with E-state index in [1.807, 2.05) is 0 Å². The van der Waals surface area contributed by atoms with Crippen LogP contribution in [0.2, 0.25) is 0 Å². The van der Waals surface area contributed by atoms with Crippen LogP contribution >= 0.6 is 0 Å². The van der Waals surface area contributed by atoms with E-state index in [4.69, 9.17) is 0 Å². The summed E-state index contributed by atoms with van der Waals surface area (Å²) in [5.41, 5.74) is -0.400. The lowest BCUT2D eigenvalue weighted by molar-refractivity contribution is -0.0385. The molecule has 1 unspecified atom stereocenters. The molecule has 1 N–H and O–H groups in total. The van der Waals surface area contributed by atoms with Gasteiger partial charge in [0.25, 0.3) is 0 Å². The summed E-state index contributed by atoms with van der Waals surface area (Å²) in [5, 5.41) is 10.3. The van der Waals surface area contributed by atoms with Crippen molar-refractivity contribution in [1.82, 2.24) is 9.80 Å². The molecule has 2 aliphatic heterocycles. The van der Waals surface area contributed by atoms with Crippen LogP contribution in [0.25, 0.3) is 0 Å². The standard InChI is InChI=1S/C11H22N2O/c1-12-6-2-4-11(14,10-12)5-9-13-7-3-8-13/h14H,2-10H2,1H3. The summed E-state index contributed by atoms with van der Waals surface area (Å²) >= 11 is 0. The van der Waals surface area contributed by atoms with Gasteiger partial charge in [0.05, 0.1) is 5.60 Å².